The maximum absolute atomic E-state index is 14.2. The van der Waals surface area contributed by atoms with Crippen molar-refractivity contribution in [1.29, 1.82) is 0 Å². The van der Waals surface area contributed by atoms with Crippen LogP contribution in [0, 0.1) is 11.6 Å². The van der Waals surface area contributed by atoms with E-state index in [1.165, 1.54) is 18.2 Å². The van der Waals surface area contributed by atoms with E-state index in [-0.39, 0.29) is 11.3 Å². The molecule has 0 spiro atoms. The molecular formula is C21H13F5N4. The van der Waals surface area contributed by atoms with E-state index in [1.807, 2.05) is 0 Å². The minimum absolute atomic E-state index is 0.0922. The largest absolute Gasteiger partial charge is 0.433 e. The van der Waals surface area contributed by atoms with E-state index in [4.69, 9.17) is 0 Å². The van der Waals surface area contributed by atoms with Crippen molar-refractivity contribution in [3.05, 3.63) is 84.3 Å². The average Bonchev–Trinajstić information content (AvgIpc) is 3.13. The lowest BCUT2D eigenvalue weighted by Gasteiger charge is -2.10. The van der Waals surface area contributed by atoms with Gasteiger partial charge in [-0.2, -0.15) is 18.3 Å². The zero-order chi connectivity index (χ0) is 21.5. The van der Waals surface area contributed by atoms with Gasteiger partial charge in [0, 0.05) is 10.9 Å². The summed E-state index contributed by atoms with van der Waals surface area (Å²) in [5, 5.41) is 10.4. The summed E-state index contributed by atoms with van der Waals surface area (Å²) in [5.74, 6) is -1.92. The van der Waals surface area contributed by atoms with E-state index in [0.717, 1.165) is 18.3 Å². The number of hydrogen-bond donors (Lipinski definition) is 2. The Morgan fingerprint density at radius 1 is 1.03 bits per heavy atom. The number of rotatable bonds is 4. The number of alkyl halides is 3. The fraction of sp³-hybridized carbons (Fsp3) is 0.0476. The smallest absolute Gasteiger partial charge is 0.353 e. The fourth-order valence-corrected chi connectivity index (χ4v) is 3.01. The van der Waals surface area contributed by atoms with Crippen molar-refractivity contribution < 1.29 is 22.0 Å². The molecule has 0 aliphatic heterocycles. The van der Waals surface area contributed by atoms with E-state index in [1.54, 1.807) is 18.2 Å². The predicted octanol–water partition coefficient (Wildman–Crippen LogP) is 6.00. The summed E-state index contributed by atoms with van der Waals surface area (Å²) in [4.78, 5) is 3.38. The Balaban J connectivity index is 1.66. The van der Waals surface area contributed by atoms with E-state index in [0.29, 0.717) is 27.9 Å². The number of aromatic nitrogens is 3. The number of halogens is 5. The molecule has 0 fully saturated rings. The van der Waals surface area contributed by atoms with E-state index in [2.05, 4.69) is 27.1 Å². The summed E-state index contributed by atoms with van der Waals surface area (Å²) < 4.78 is 65.7. The van der Waals surface area contributed by atoms with Crippen molar-refractivity contribution in [2.75, 3.05) is 5.32 Å². The second-order valence-electron chi connectivity index (χ2n) is 6.47. The highest BCUT2D eigenvalue weighted by atomic mass is 19.4. The first-order valence-corrected chi connectivity index (χ1v) is 8.66. The molecule has 0 saturated carbocycles. The van der Waals surface area contributed by atoms with Crippen LogP contribution in [0.2, 0.25) is 0 Å². The number of nitrogens with one attached hydrogen (secondary N) is 2. The van der Waals surface area contributed by atoms with Gasteiger partial charge in [0.05, 0.1) is 23.1 Å². The van der Waals surface area contributed by atoms with Crippen molar-refractivity contribution in [2.45, 2.75) is 6.18 Å². The topological polar surface area (TPSA) is 53.6 Å². The SMILES string of the molecule is C=C(Nc1ccc(C(F)(F)F)nc1)c1n[nH]c2ccc(-c3cccc(F)c3F)cc12. The number of aromatic amines is 1. The Morgan fingerprint density at radius 2 is 1.83 bits per heavy atom. The maximum Gasteiger partial charge on any atom is 0.433 e. The Kier molecular flexibility index (Phi) is 4.73. The van der Waals surface area contributed by atoms with Gasteiger partial charge >= 0.3 is 6.18 Å². The Bertz CT molecular complexity index is 1240. The lowest BCUT2D eigenvalue weighted by Crippen LogP contribution is -2.08. The van der Waals surface area contributed by atoms with Crippen LogP contribution in [0.25, 0.3) is 27.7 Å². The van der Waals surface area contributed by atoms with Crippen LogP contribution in [0.15, 0.2) is 61.3 Å². The standard InChI is InChI=1S/C21H13F5N4/c1-11(28-13-6-8-18(27-10-13)21(24,25)26)20-15-9-12(5-7-17(15)29-30-20)14-3-2-4-16(22)19(14)23/h2-10,28H,1H2,(H,29,30). The van der Waals surface area contributed by atoms with Gasteiger partial charge in [-0.1, -0.05) is 24.8 Å². The average molecular weight is 416 g/mol. The predicted molar refractivity (Wildman–Crippen MR) is 103 cm³/mol. The van der Waals surface area contributed by atoms with Crippen molar-refractivity contribution in [1.82, 2.24) is 15.2 Å². The van der Waals surface area contributed by atoms with Gasteiger partial charge in [0.15, 0.2) is 11.6 Å². The molecule has 0 saturated heterocycles. The van der Waals surface area contributed by atoms with Crippen molar-refractivity contribution in [3.8, 4) is 11.1 Å². The number of fused-ring (bicyclic) bond motifs is 1. The number of benzene rings is 2. The summed E-state index contributed by atoms with van der Waals surface area (Å²) in [6.07, 6.45) is -3.49. The third kappa shape index (κ3) is 3.61. The number of pyridine rings is 1. The number of anilines is 1. The van der Waals surface area contributed by atoms with Gasteiger partial charge in [0.25, 0.3) is 0 Å². The van der Waals surface area contributed by atoms with E-state index in [9.17, 15) is 22.0 Å². The first kappa shape index (κ1) is 19.6. The Morgan fingerprint density at radius 3 is 2.53 bits per heavy atom. The van der Waals surface area contributed by atoms with Gasteiger partial charge in [-0.25, -0.2) is 13.8 Å². The molecule has 9 heteroatoms. The minimum Gasteiger partial charge on any atom is -0.353 e. The second-order valence-corrected chi connectivity index (χ2v) is 6.47. The molecule has 0 amide bonds. The van der Waals surface area contributed by atoms with Crippen LogP contribution in [0.4, 0.5) is 27.6 Å². The quantitative estimate of drug-likeness (QED) is 0.401. The molecular weight excluding hydrogens is 403 g/mol. The van der Waals surface area contributed by atoms with Crippen molar-refractivity contribution in [3.63, 3.8) is 0 Å². The van der Waals surface area contributed by atoms with Gasteiger partial charge in [-0.05, 0) is 35.9 Å². The van der Waals surface area contributed by atoms with Crippen LogP contribution in [-0.4, -0.2) is 15.2 Å². The third-order valence-corrected chi connectivity index (χ3v) is 4.46. The summed E-state index contributed by atoms with van der Waals surface area (Å²) in [6, 6.07) is 10.9. The highest BCUT2D eigenvalue weighted by Crippen LogP contribution is 2.31. The van der Waals surface area contributed by atoms with Crippen molar-refractivity contribution >= 4 is 22.3 Å². The zero-order valence-corrected chi connectivity index (χ0v) is 15.2. The number of nitrogens with zero attached hydrogens (tertiary/aromatic N) is 2. The molecule has 0 aliphatic carbocycles. The summed E-state index contributed by atoms with van der Waals surface area (Å²) in [7, 11) is 0. The molecule has 0 aliphatic rings. The van der Waals surface area contributed by atoms with Crippen LogP contribution in [-0.2, 0) is 6.18 Å². The number of hydrogen-bond acceptors (Lipinski definition) is 3. The van der Waals surface area contributed by atoms with Gasteiger partial charge in [0.1, 0.15) is 11.4 Å². The van der Waals surface area contributed by atoms with Crippen LogP contribution < -0.4 is 5.32 Å². The van der Waals surface area contributed by atoms with E-state index < -0.39 is 23.5 Å². The lowest BCUT2D eigenvalue weighted by atomic mass is 10.0. The third-order valence-electron chi connectivity index (χ3n) is 4.46. The first-order chi connectivity index (χ1) is 14.2. The lowest BCUT2D eigenvalue weighted by molar-refractivity contribution is -0.141. The molecule has 0 bridgehead atoms. The Labute approximate surface area is 167 Å². The fourth-order valence-electron chi connectivity index (χ4n) is 3.01. The highest BCUT2D eigenvalue weighted by molar-refractivity contribution is 5.95. The van der Waals surface area contributed by atoms with Gasteiger partial charge in [-0.15, -0.1) is 0 Å². The van der Waals surface area contributed by atoms with Crippen molar-refractivity contribution in [2.24, 2.45) is 0 Å². The molecule has 152 valence electrons. The summed E-state index contributed by atoms with van der Waals surface area (Å²) in [5.41, 5.74) is 1.10. The maximum atomic E-state index is 14.2. The molecule has 2 aromatic carbocycles. The van der Waals surface area contributed by atoms with Gasteiger partial charge < -0.3 is 5.32 Å². The summed E-state index contributed by atoms with van der Waals surface area (Å²) >= 11 is 0. The molecule has 4 nitrogen and oxygen atoms in total. The molecule has 4 aromatic rings. The molecule has 2 aromatic heterocycles. The summed E-state index contributed by atoms with van der Waals surface area (Å²) in [6.45, 7) is 3.87. The zero-order valence-electron chi connectivity index (χ0n) is 15.2. The molecule has 0 radical (unpaired) electrons. The van der Waals surface area contributed by atoms with Gasteiger partial charge in [0.2, 0.25) is 0 Å². The molecule has 30 heavy (non-hydrogen) atoms. The molecule has 0 unspecified atom stereocenters. The van der Waals surface area contributed by atoms with Crippen LogP contribution in [0.3, 0.4) is 0 Å². The van der Waals surface area contributed by atoms with Crippen LogP contribution >= 0.6 is 0 Å². The van der Waals surface area contributed by atoms with Crippen LogP contribution in [0.5, 0.6) is 0 Å². The monoisotopic (exact) mass is 416 g/mol. The number of H-pyrrole nitrogens is 1. The minimum atomic E-state index is -4.53. The normalized spacial score (nSPS) is 11.6. The second kappa shape index (κ2) is 7.25. The molecule has 0 atom stereocenters. The van der Waals surface area contributed by atoms with Crippen LogP contribution in [0.1, 0.15) is 11.4 Å². The first-order valence-electron chi connectivity index (χ1n) is 8.66. The van der Waals surface area contributed by atoms with Gasteiger partial charge in [-0.3, -0.25) is 5.10 Å². The Hall–Kier alpha value is -3.75. The highest BCUT2D eigenvalue weighted by Gasteiger charge is 2.32. The molecule has 2 N–H and O–H groups in total. The van der Waals surface area contributed by atoms with E-state index >= 15 is 0 Å². The molecule has 2 heterocycles. The molecule has 4 rings (SSSR count).